The Morgan fingerprint density at radius 1 is 1.00 bits per heavy atom. The van der Waals surface area contributed by atoms with E-state index in [2.05, 4.69) is 16.0 Å². The van der Waals surface area contributed by atoms with Gasteiger partial charge >= 0.3 is 6.16 Å². The molecule has 1 heterocycles. The van der Waals surface area contributed by atoms with Crippen LogP contribution in [0.5, 0.6) is 0 Å². The van der Waals surface area contributed by atoms with Gasteiger partial charge in [0.05, 0.1) is 12.3 Å². The average molecular weight is 542 g/mol. The molecule has 5 atom stereocenters. The maximum atomic E-state index is 12.5. The number of hydrogen-bond acceptors (Lipinski definition) is 7. The molecule has 0 saturated heterocycles. The number of carbonyl (C=O) groups is 2. The molecule has 2 fully saturated rings. The summed E-state index contributed by atoms with van der Waals surface area (Å²) in [5.41, 5.74) is 9.43. The normalized spacial score (nSPS) is 34.6. The lowest BCUT2D eigenvalue weighted by Crippen LogP contribution is -2.39. The van der Waals surface area contributed by atoms with Crippen LogP contribution in [0.15, 0.2) is 23.5 Å². The van der Waals surface area contributed by atoms with E-state index in [9.17, 15) is 9.59 Å². The third-order valence-electron chi connectivity index (χ3n) is 10.6. The number of rotatable bonds is 7. The van der Waals surface area contributed by atoms with Gasteiger partial charge in [-0.25, -0.2) is 4.79 Å². The predicted octanol–water partition coefficient (Wildman–Crippen LogP) is 6.96. The lowest BCUT2D eigenvalue weighted by atomic mass is 9.76. The Morgan fingerprint density at radius 2 is 1.74 bits per heavy atom. The van der Waals surface area contributed by atoms with E-state index in [1.54, 1.807) is 6.92 Å². The molecule has 7 nitrogen and oxygen atoms in total. The molecule has 0 radical (unpaired) electrons. The molecule has 7 heteroatoms. The number of nitrogens with zero attached hydrogens (tertiary/aromatic N) is 1. The van der Waals surface area contributed by atoms with Gasteiger partial charge in [0.25, 0.3) is 0 Å². The number of ketones is 1. The molecule has 218 valence electrons. The Morgan fingerprint density at radius 3 is 2.51 bits per heavy atom. The van der Waals surface area contributed by atoms with Crippen LogP contribution in [0, 0.1) is 29.1 Å². The molecule has 5 unspecified atom stereocenters. The van der Waals surface area contributed by atoms with Crippen molar-refractivity contribution >= 4 is 11.9 Å². The van der Waals surface area contributed by atoms with Crippen LogP contribution in [-0.4, -0.2) is 36.2 Å². The molecule has 2 saturated carbocycles. The van der Waals surface area contributed by atoms with Crippen LogP contribution >= 0.6 is 0 Å². The summed E-state index contributed by atoms with van der Waals surface area (Å²) in [6, 6.07) is 0. The van der Waals surface area contributed by atoms with Crippen LogP contribution in [0.4, 0.5) is 4.79 Å². The van der Waals surface area contributed by atoms with Gasteiger partial charge in [-0.15, -0.1) is 5.53 Å². The van der Waals surface area contributed by atoms with Gasteiger partial charge in [-0.1, -0.05) is 57.9 Å². The van der Waals surface area contributed by atoms with Crippen molar-refractivity contribution in [2.45, 2.75) is 123 Å². The van der Waals surface area contributed by atoms with Crippen LogP contribution in [-0.2, 0) is 14.3 Å². The highest BCUT2D eigenvalue weighted by molar-refractivity contribution is 5.81. The molecule has 0 spiro atoms. The minimum absolute atomic E-state index is 0.215. The first kappa shape index (κ1) is 28.5. The molecule has 1 aliphatic heterocycles. The quantitative estimate of drug-likeness (QED) is 0.266. The number of fused-ring (bicyclic) bond motifs is 1. The molecule has 4 aliphatic carbocycles. The monoisotopic (exact) mass is 541 g/mol. The van der Waals surface area contributed by atoms with Gasteiger partial charge in [-0.2, -0.15) is 0 Å². The third-order valence-corrected chi connectivity index (χ3v) is 10.6. The summed E-state index contributed by atoms with van der Waals surface area (Å²) >= 11 is 0. The zero-order valence-corrected chi connectivity index (χ0v) is 24.3. The van der Waals surface area contributed by atoms with Crippen molar-refractivity contribution in [1.82, 2.24) is 16.0 Å². The zero-order chi connectivity index (χ0) is 27.2. The van der Waals surface area contributed by atoms with E-state index in [0.29, 0.717) is 30.8 Å². The summed E-state index contributed by atoms with van der Waals surface area (Å²) < 4.78 is 11.3. The van der Waals surface area contributed by atoms with Gasteiger partial charge in [0.2, 0.25) is 0 Å². The summed E-state index contributed by atoms with van der Waals surface area (Å²) in [6.07, 6.45) is 21.8. The van der Waals surface area contributed by atoms with E-state index < -0.39 is 6.16 Å². The number of hydrazine groups is 2. The molecular weight excluding hydrogens is 490 g/mol. The highest BCUT2D eigenvalue weighted by Gasteiger charge is 2.50. The summed E-state index contributed by atoms with van der Waals surface area (Å²) in [5.74, 6) is 2.80. The van der Waals surface area contributed by atoms with Crippen molar-refractivity contribution in [2.24, 2.45) is 29.1 Å². The highest BCUT2D eigenvalue weighted by Crippen LogP contribution is 2.54. The van der Waals surface area contributed by atoms with E-state index in [-0.39, 0.29) is 17.3 Å². The predicted molar refractivity (Wildman–Crippen MR) is 152 cm³/mol. The second-order valence-electron chi connectivity index (χ2n) is 13.2. The van der Waals surface area contributed by atoms with Gasteiger partial charge in [0.1, 0.15) is 11.9 Å². The summed E-state index contributed by atoms with van der Waals surface area (Å²) in [6.45, 7) is 5.24. The molecular formula is C32H51N3O4. The molecule has 39 heavy (non-hydrogen) atoms. The van der Waals surface area contributed by atoms with E-state index >= 15 is 0 Å². The Labute approximate surface area is 235 Å². The Balaban J connectivity index is 1.04. The second kappa shape index (κ2) is 13.1. The number of Topliss-reactive ketones (excluding diaryl/α,β-unsaturated/α-hetero) is 1. The van der Waals surface area contributed by atoms with Crippen LogP contribution < -0.4 is 11.0 Å². The molecule has 0 bridgehead atoms. The summed E-state index contributed by atoms with van der Waals surface area (Å²) in [7, 11) is 0. The van der Waals surface area contributed by atoms with Crippen molar-refractivity contribution in [3.8, 4) is 0 Å². The van der Waals surface area contributed by atoms with Crippen molar-refractivity contribution in [3.63, 3.8) is 0 Å². The van der Waals surface area contributed by atoms with Crippen molar-refractivity contribution in [2.75, 3.05) is 13.2 Å². The van der Waals surface area contributed by atoms with Crippen molar-refractivity contribution in [3.05, 3.63) is 23.5 Å². The van der Waals surface area contributed by atoms with Crippen LogP contribution in [0.2, 0.25) is 0 Å². The fourth-order valence-corrected chi connectivity index (χ4v) is 7.61. The first-order valence-corrected chi connectivity index (χ1v) is 16.0. The Kier molecular flexibility index (Phi) is 9.57. The lowest BCUT2D eigenvalue weighted by molar-refractivity contribution is -0.126. The van der Waals surface area contributed by atoms with Gasteiger partial charge in [-0.05, 0) is 94.5 Å². The summed E-state index contributed by atoms with van der Waals surface area (Å²) in [4.78, 5) is 24.6. The van der Waals surface area contributed by atoms with E-state index in [0.717, 1.165) is 57.4 Å². The second-order valence-corrected chi connectivity index (χ2v) is 13.2. The highest BCUT2D eigenvalue weighted by atomic mass is 16.7. The Hall–Kier alpha value is -2.02. The van der Waals surface area contributed by atoms with Gasteiger partial charge in [-0.3, -0.25) is 9.80 Å². The smallest absolute Gasteiger partial charge is 0.434 e. The van der Waals surface area contributed by atoms with Gasteiger partial charge in [0, 0.05) is 17.7 Å². The topological polar surface area (TPSA) is 79.9 Å². The summed E-state index contributed by atoms with van der Waals surface area (Å²) in [5, 5.41) is 2.39. The van der Waals surface area contributed by atoms with Gasteiger partial charge in [0.15, 0.2) is 0 Å². The maximum Gasteiger partial charge on any atom is 0.508 e. The minimum atomic E-state index is -0.569. The lowest BCUT2D eigenvalue weighted by Gasteiger charge is -2.29. The number of hydrogen-bond donors (Lipinski definition) is 2. The number of ether oxygens (including phenoxy) is 2. The molecule has 2 N–H and O–H groups in total. The largest absolute Gasteiger partial charge is 0.508 e. The SMILES string of the molecule is CC(=O)C1(C)CC/C=C/C(OC(=O)OCC2C3CCC4=C(CCC32)N(CCC2CCCCCCC2)NN4)CC1. The molecule has 5 rings (SSSR count). The number of carbonyl (C=O) groups excluding carboxylic acids is 2. The maximum absolute atomic E-state index is 12.5. The first-order chi connectivity index (χ1) is 18.9. The average Bonchev–Trinajstić information content (AvgIpc) is 3.39. The standard InChI is InChI=1S/C32H51N3O4/c1-23(36)32(2)19-9-8-12-25(17-20-32)39-31(37)38-22-28-26-13-15-29-30(16-14-27(26)28)35(34-33-29)21-18-24-10-6-4-3-5-7-11-24/h8,12,24-28,33-34H,3-7,9-11,13-22H2,1-2H3/b12-8+. The van der Waals surface area contributed by atoms with Crippen LogP contribution in [0.1, 0.15) is 117 Å². The number of nitrogens with one attached hydrogen (secondary N) is 2. The van der Waals surface area contributed by atoms with Crippen LogP contribution in [0.3, 0.4) is 0 Å². The molecule has 0 aromatic heterocycles. The fourth-order valence-electron chi connectivity index (χ4n) is 7.61. The van der Waals surface area contributed by atoms with Gasteiger partial charge < -0.3 is 14.9 Å². The molecule has 0 aromatic rings. The fraction of sp³-hybridized carbons (Fsp3) is 0.812. The Bertz CT molecular complexity index is 924. The van der Waals surface area contributed by atoms with E-state index in [1.165, 1.54) is 62.8 Å². The first-order valence-electron chi connectivity index (χ1n) is 16.0. The van der Waals surface area contributed by atoms with Crippen molar-refractivity contribution < 1.29 is 19.1 Å². The molecule has 5 aliphatic rings. The zero-order valence-electron chi connectivity index (χ0n) is 24.3. The minimum Gasteiger partial charge on any atom is -0.434 e. The van der Waals surface area contributed by atoms with Crippen LogP contribution in [0.25, 0.3) is 0 Å². The van der Waals surface area contributed by atoms with Crippen molar-refractivity contribution in [1.29, 1.82) is 0 Å². The third kappa shape index (κ3) is 7.39. The number of allylic oxidation sites excluding steroid dienone is 3. The van der Waals surface area contributed by atoms with E-state index in [4.69, 9.17) is 9.47 Å². The van der Waals surface area contributed by atoms with E-state index in [1.807, 2.05) is 19.1 Å². The molecule has 0 aromatic carbocycles. The molecule has 0 amide bonds.